The van der Waals surface area contributed by atoms with E-state index in [4.69, 9.17) is 81.8 Å². The average Bonchev–Trinajstić information content (AvgIpc) is 2.31. The highest BCUT2D eigenvalue weighted by Gasteiger charge is 2.34. The Morgan fingerprint density at radius 1 is 1.14 bits per heavy atom. The van der Waals surface area contributed by atoms with Gasteiger partial charge in [-0.1, -0.05) is 69.6 Å². The Bertz CT molecular complexity index is 569. The molecule has 1 unspecified atom stereocenters. The van der Waals surface area contributed by atoms with Crippen LogP contribution in [0.3, 0.4) is 0 Å². The Hall–Kier alpha value is 0.120. The number of hydrogen-bond donors (Lipinski definition) is 3. The number of carbonyl (C=O) groups excluding carboxylic acids is 1. The minimum atomic E-state index is -1.83. The molecule has 3 N–H and O–H groups in total. The number of hydrogen-bond acceptors (Lipinski definition) is 2. The van der Waals surface area contributed by atoms with Gasteiger partial charge in [-0.25, -0.2) is 0 Å². The lowest BCUT2D eigenvalue weighted by Crippen LogP contribution is -2.55. The van der Waals surface area contributed by atoms with Crippen molar-refractivity contribution in [3.63, 3.8) is 0 Å². The van der Waals surface area contributed by atoms with Gasteiger partial charge in [-0.15, -0.1) is 0 Å². The SMILES string of the molecule is CC(=O)NC(NC(=S)Nc1c(Cl)cc(Cl)cc1Cl)C(Cl)(Cl)Cl. The van der Waals surface area contributed by atoms with Crippen LogP contribution in [0.15, 0.2) is 12.1 Å². The summed E-state index contributed by atoms with van der Waals surface area (Å²) in [4.78, 5) is 11.1. The Morgan fingerprint density at radius 3 is 2.05 bits per heavy atom. The van der Waals surface area contributed by atoms with Gasteiger partial charge in [-0.05, 0) is 24.4 Å². The molecule has 0 aliphatic carbocycles. The van der Waals surface area contributed by atoms with Crippen LogP contribution in [0, 0.1) is 0 Å². The molecule has 1 rings (SSSR count). The van der Waals surface area contributed by atoms with Crippen LogP contribution in [-0.2, 0) is 4.79 Å². The molecule has 0 fully saturated rings. The Balaban J connectivity index is 2.87. The molecule has 0 aromatic heterocycles. The van der Waals surface area contributed by atoms with Gasteiger partial charge in [0.1, 0.15) is 6.17 Å². The summed E-state index contributed by atoms with van der Waals surface area (Å²) >= 11 is 40.3. The maximum atomic E-state index is 11.1. The quantitative estimate of drug-likeness (QED) is 0.358. The van der Waals surface area contributed by atoms with E-state index in [2.05, 4.69) is 16.0 Å². The molecule has 1 aromatic carbocycles. The molecule has 22 heavy (non-hydrogen) atoms. The minimum absolute atomic E-state index is 0.0381. The van der Waals surface area contributed by atoms with Crippen LogP contribution in [0.25, 0.3) is 0 Å². The third-order valence-corrected chi connectivity index (χ3v) is 3.88. The molecular formula is C11H9Cl6N3OS. The molecule has 0 radical (unpaired) electrons. The minimum Gasteiger partial charge on any atom is -0.339 e. The van der Waals surface area contributed by atoms with Gasteiger partial charge in [0.2, 0.25) is 9.70 Å². The average molecular weight is 444 g/mol. The highest BCUT2D eigenvalue weighted by Crippen LogP contribution is 2.34. The third-order valence-electron chi connectivity index (χ3n) is 2.20. The zero-order valence-corrected chi connectivity index (χ0v) is 16.2. The standard InChI is InChI=1S/C11H9Cl6N3OS/c1-4(21)18-9(11(15,16)17)20-10(22)19-8-6(13)2-5(12)3-7(8)14/h2-3,9H,1H3,(H,18,21)(H2,19,20,22). The van der Waals surface area contributed by atoms with Crippen molar-refractivity contribution in [1.29, 1.82) is 0 Å². The van der Waals surface area contributed by atoms with Crippen LogP contribution in [-0.4, -0.2) is 21.0 Å². The monoisotopic (exact) mass is 441 g/mol. The number of benzene rings is 1. The normalized spacial score (nSPS) is 12.5. The van der Waals surface area contributed by atoms with Crippen molar-refractivity contribution in [1.82, 2.24) is 10.6 Å². The largest absolute Gasteiger partial charge is 0.339 e. The third kappa shape index (κ3) is 6.32. The van der Waals surface area contributed by atoms with E-state index in [9.17, 15) is 4.79 Å². The van der Waals surface area contributed by atoms with Crippen LogP contribution in [0.1, 0.15) is 6.92 Å². The van der Waals surface area contributed by atoms with Crippen LogP contribution in [0.2, 0.25) is 15.1 Å². The molecule has 0 bridgehead atoms. The van der Waals surface area contributed by atoms with Crippen LogP contribution >= 0.6 is 81.8 Å². The maximum Gasteiger partial charge on any atom is 0.228 e. The summed E-state index contributed by atoms with van der Waals surface area (Å²) in [7, 11) is 0. The summed E-state index contributed by atoms with van der Waals surface area (Å²) in [6.07, 6.45) is -1.06. The lowest BCUT2D eigenvalue weighted by atomic mass is 10.3. The zero-order valence-electron chi connectivity index (χ0n) is 10.8. The van der Waals surface area contributed by atoms with Crippen molar-refractivity contribution in [2.24, 2.45) is 0 Å². The first-order valence-electron chi connectivity index (χ1n) is 5.56. The predicted octanol–water partition coefficient (Wildman–Crippen LogP) is 4.77. The number of thiocarbonyl (C=S) groups is 1. The van der Waals surface area contributed by atoms with Gasteiger partial charge < -0.3 is 16.0 Å². The first-order valence-corrected chi connectivity index (χ1v) is 8.24. The summed E-state index contributed by atoms with van der Waals surface area (Å²) < 4.78 is -1.83. The second kappa shape index (κ2) is 8.29. The zero-order chi connectivity index (χ0) is 17.1. The van der Waals surface area contributed by atoms with Gasteiger partial charge in [0, 0.05) is 11.9 Å². The van der Waals surface area contributed by atoms with Crippen molar-refractivity contribution in [2.75, 3.05) is 5.32 Å². The molecule has 1 amide bonds. The van der Waals surface area contributed by atoms with E-state index < -0.39 is 15.9 Å². The molecule has 0 spiro atoms. The van der Waals surface area contributed by atoms with Gasteiger partial charge in [0.25, 0.3) is 0 Å². The maximum absolute atomic E-state index is 11.1. The lowest BCUT2D eigenvalue weighted by molar-refractivity contribution is -0.119. The van der Waals surface area contributed by atoms with E-state index in [1.165, 1.54) is 19.1 Å². The van der Waals surface area contributed by atoms with E-state index in [1.54, 1.807) is 0 Å². The number of carbonyl (C=O) groups is 1. The van der Waals surface area contributed by atoms with E-state index >= 15 is 0 Å². The Labute approximate surface area is 162 Å². The summed E-state index contributed by atoms with van der Waals surface area (Å²) in [5.74, 6) is -0.408. The molecule has 0 aliphatic rings. The topological polar surface area (TPSA) is 53.2 Å². The number of halogens is 6. The molecule has 11 heteroatoms. The molecule has 0 aliphatic heterocycles. The number of nitrogens with one attached hydrogen (secondary N) is 3. The predicted molar refractivity (Wildman–Crippen MR) is 98.7 cm³/mol. The second-order valence-corrected chi connectivity index (χ2v) is 8.05. The van der Waals surface area contributed by atoms with Crippen molar-refractivity contribution in [3.05, 3.63) is 27.2 Å². The van der Waals surface area contributed by atoms with Crippen molar-refractivity contribution < 1.29 is 4.79 Å². The van der Waals surface area contributed by atoms with Crippen LogP contribution in [0.5, 0.6) is 0 Å². The van der Waals surface area contributed by atoms with E-state index in [0.717, 1.165) is 0 Å². The smallest absolute Gasteiger partial charge is 0.228 e. The van der Waals surface area contributed by atoms with Gasteiger partial charge in [0.15, 0.2) is 5.11 Å². The highest BCUT2D eigenvalue weighted by molar-refractivity contribution is 7.80. The first-order chi connectivity index (χ1) is 10.0. The molecule has 0 heterocycles. The first kappa shape index (κ1) is 20.2. The Morgan fingerprint density at radius 2 is 1.64 bits per heavy atom. The van der Waals surface area contributed by atoms with Crippen LogP contribution < -0.4 is 16.0 Å². The van der Waals surface area contributed by atoms with Crippen molar-refractivity contribution in [3.8, 4) is 0 Å². The summed E-state index contributed by atoms with van der Waals surface area (Å²) in [6, 6.07) is 2.97. The number of alkyl halides is 3. The molecule has 1 aromatic rings. The van der Waals surface area contributed by atoms with Gasteiger partial charge >= 0.3 is 0 Å². The number of rotatable bonds is 3. The van der Waals surface area contributed by atoms with E-state index in [1.807, 2.05) is 0 Å². The summed E-state index contributed by atoms with van der Waals surface area (Å²) in [5, 5.41) is 8.74. The fraction of sp³-hybridized carbons (Fsp3) is 0.273. The summed E-state index contributed by atoms with van der Waals surface area (Å²) in [5.41, 5.74) is 0.330. The van der Waals surface area contributed by atoms with Crippen LogP contribution in [0.4, 0.5) is 5.69 Å². The van der Waals surface area contributed by atoms with Gasteiger partial charge in [-0.2, -0.15) is 0 Å². The molecule has 1 atom stereocenters. The fourth-order valence-corrected chi connectivity index (χ4v) is 2.80. The lowest BCUT2D eigenvalue weighted by Gasteiger charge is -2.27. The van der Waals surface area contributed by atoms with E-state index in [-0.39, 0.29) is 15.2 Å². The Kier molecular flexibility index (Phi) is 7.60. The highest BCUT2D eigenvalue weighted by atomic mass is 35.6. The summed E-state index contributed by atoms with van der Waals surface area (Å²) in [6.45, 7) is 1.27. The van der Waals surface area contributed by atoms with Crippen molar-refractivity contribution >= 4 is 98.5 Å². The fourth-order valence-electron chi connectivity index (χ4n) is 1.35. The van der Waals surface area contributed by atoms with Gasteiger partial charge in [0.05, 0.1) is 15.7 Å². The number of amides is 1. The molecule has 4 nitrogen and oxygen atoms in total. The molecule has 0 saturated carbocycles. The molecular weight excluding hydrogens is 435 g/mol. The number of anilines is 1. The van der Waals surface area contributed by atoms with Gasteiger partial charge in [-0.3, -0.25) is 4.79 Å². The molecule has 122 valence electrons. The van der Waals surface area contributed by atoms with E-state index in [0.29, 0.717) is 10.7 Å². The second-order valence-electron chi connectivity index (χ2n) is 4.02. The van der Waals surface area contributed by atoms with Crippen molar-refractivity contribution in [2.45, 2.75) is 16.9 Å². The molecule has 0 saturated heterocycles.